The molecule has 1 atom stereocenters. The lowest BCUT2D eigenvalue weighted by molar-refractivity contribution is -0.117. The van der Waals surface area contributed by atoms with Crippen LogP contribution in [0.4, 0.5) is 16.2 Å². The second-order valence-corrected chi connectivity index (χ2v) is 5.78. The molecule has 0 spiro atoms. The number of hydrogen-bond donors (Lipinski definition) is 3. The molecule has 0 bridgehead atoms. The van der Waals surface area contributed by atoms with E-state index in [-0.39, 0.29) is 5.91 Å². The normalized spacial score (nSPS) is 11.4. The number of rotatable bonds is 5. The van der Waals surface area contributed by atoms with Crippen molar-refractivity contribution in [3.63, 3.8) is 0 Å². The highest BCUT2D eigenvalue weighted by Gasteiger charge is 2.15. The van der Waals surface area contributed by atoms with E-state index in [0.29, 0.717) is 11.4 Å². The van der Waals surface area contributed by atoms with Gasteiger partial charge in [0.15, 0.2) is 0 Å². The van der Waals surface area contributed by atoms with Gasteiger partial charge in [0.2, 0.25) is 5.91 Å². The fourth-order valence-corrected chi connectivity index (χ4v) is 2.28. The van der Waals surface area contributed by atoms with E-state index >= 15 is 0 Å². The number of carbonyl (C=O) groups is 2. The Morgan fingerprint density at radius 3 is 2.13 bits per heavy atom. The third-order valence-corrected chi connectivity index (χ3v) is 3.87. The van der Waals surface area contributed by atoms with Gasteiger partial charge in [-0.3, -0.25) is 4.79 Å². The summed E-state index contributed by atoms with van der Waals surface area (Å²) in [6.07, 6.45) is 1.99. The highest BCUT2D eigenvalue weighted by atomic mass is 32.2. The van der Waals surface area contributed by atoms with E-state index in [4.69, 9.17) is 0 Å². The molecule has 1 unspecified atom stereocenters. The van der Waals surface area contributed by atoms with Crippen LogP contribution in [0.5, 0.6) is 0 Å². The van der Waals surface area contributed by atoms with E-state index in [2.05, 4.69) is 16.0 Å². The first-order valence-electron chi connectivity index (χ1n) is 7.16. The molecule has 3 N–H and O–H groups in total. The fraction of sp³-hybridized carbons (Fsp3) is 0.176. The number of amides is 3. The molecule has 0 aromatic heterocycles. The molecule has 5 nitrogen and oxygen atoms in total. The minimum absolute atomic E-state index is 0.273. The molecule has 0 aliphatic rings. The minimum atomic E-state index is -0.654. The lowest BCUT2D eigenvalue weighted by Crippen LogP contribution is -2.43. The van der Waals surface area contributed by atoms with Crippen LogP contribution in [0.25, 0.3) is 0 Å². The topological polar surface area (TPSA) is 70.2 Å². The van der Waals surface area contributed by atoms with Gasteiger partial charge in [-0.2, -0.15) is 0 Å². The van der Waals surface area contributed by atoms with Crippen LogP contribution in [0.1, 0.15) is 6.92 Å². The minimum Gasteiger partial charge on any atom is -0.326 e. The van der Waals surface area contributed by atoms with Crippen molar-refractivity contribution in [2.75, 3.05) is 16.9 Å². The quantitative estimate of drug-likeness (QED) is 0.735. The third kappa shape index (κ3) is 5.34. The highest BCUT2D eigenvalue weighted by molar-refractivity contribution is 7.98. The van der Waals surface area contributed by atoms with E-state index in [1.54, 1.807) is 30.8 Å². The van der Waals surface area contributed by atoms with Gasteiger partial charge in [-0.1, -0.05) is 18.2 Å². The van der Waals surface area contributed by atoms with E-state index in [9.17, 15) is 9.59 Å². The van der Waals surface area contributed by atoms with Crippen molar-refractivity contribution in [3.05, 3.63) is 54.6 Å². The Hall–Kier alpha value is -2.47. The molecule has 23 heavy (non-hydrogen) atoms. The second-order valence-electron chi connectivity index (χ2n) is 4.90. The Morgan fingerprint density at radius 2 is 1.52 bits per heavy atom. The average Bonchev–Trinajstić information content (AvgIpc) is 2.56. The van der Waals surface area contributed by atoms with Crippen LogP contribution < -0.4 is 16.0 Å². The molecule has 0 aliphatic heterocycles. The Kier molecular flexibility index (Phi) is 6.05. The molecule has 120 valence electrons. The van der Waals surface area contributed by atoms with Gasteiger partial charge in [0.1, 0.15) is 6.04 Å². The molecule has 3 amide bonds. The van der Waals surface area contributed by atoms with Crippen LogP contribution in [0.2, 0.25) is 0 Å². The predicted octanol–water partition coefficient (Wildman–Crippen LogP) is 3.56. The molecule has 0 heterocycles. The summed E-state index contributed by atoms with van der Waals surface area (Å²) in [6.45, 7) is 1.64. The van der Waals surface area contributed by atoms with Crippen molar-refractivity contribution in [1.29, 1.82) is 0 Å². The molecular weight excluding hydrogens is 310 g/mol. The maximum Gasteiger partial charge on any atom is 0.319 e. The van der Waals surface area contributed by atoms with Gasteiger partial charge in [-0.05, 0) is 49.6 Å². The van der Waals surface area contributed by atoms with Crippen molar-refractivity contribution in [2.24, 2.45) is 0 Å². The second kappa shape index (κ2) is 8.24. The largest absolute Gasteiger partial charge is 0.326 e. The molecule has 0 saturated carbocycles. The van der Waals surface area contributed by atoms with Crippen molar-refractivity contribution in [3.8, 4) is 0 Å². The van der Waals surface area contributed by atoms with E-state index in [1.165, 1.54) is 0 Å². The van der Waals surface area contributed by atoms with Crippen LogP contribution in [-0.2, 0) is 4.79 Å². The van der Waals surface area contributed by atoms with Crippen molar-refractivity contribution in [2.45, 2.75) is 17.9 Å². The van der Waals surface area contributed by atoms with Gasteiger partial charge in [0, 0.05) is 16.3 Å². The highest BCUT2D eigenvalue weighted by Crippen LogP contribution is 2.17. The SMILES string of the molecule is CSc1ccc(NC(=O)C(C)NC(=O)Nc2ccccc2)cc1. The average molecular weight is 329 g/mol. The summed E-state index contributed by atoms with van der Waals surface area (Å²) in [6, 6.07) is 15.5. The summed E-state index contributed by atoms with van der Waals surface area (Å²) >= 11 is 1.63. The number of anilines is 2. The molecule has 2 rings (SSSR count). The van der Waals surface area contributed by atoms with Gasteiger partial charge < -0.3 is 16.0 Å². The van der Waals surface area contributed by atoms with Gasteiger partial charge >= 0.3 is 6.03 Å². The molecule has 0 aliphatic carbocycles. The monoisotopic (exact) mass is 329 g/mol. The summed E-state index contributed by atoms with van der Waals surface area (Å²) in [5, 5.41) is 8.05. The van der Waals surface area contributed by atoms with Gasteiger partial charge in [-0.25, -0.2) is 4.79 Å². The Labute approximate surface area is 139 Å². The molecular formula is C17H19N3O2S. The molecule has 2 aromatic rings. The van der Waals surface area contributed by atoms with E-state index < -0.39 is 12.1 Å². The van der Waals surface area contributed by atoms with E-state index in [0.717, 1.165) is 4.90 Å². The molecule has 2 aromatic carbocycles. The summed E-state index contributed by atoms with van der Waals surface area (Å²) in [5.74, 6) is -0.273. The first-order chi connectivity index (χ1) is 11.1. The van der Waals surface area contributed by atoms with Crippen LogP contribution in [0.15, 0.2) is 59.5 Å². The number of benzene rings is 2. The van der Waals surface area contributed by atoms with Crippen LogP contribution in [0.3, 0.4) is 0 Å². The summed E-state index contributed by atoms with van der Waals surface area (Å²) < 4.78 is 0. The van der Waals surface area contributed by atoms with Crippen LogP contribution >= 0.6 is 11.8 Å². The summed E-state index contributed by atoms with van der Waals surface area (Å²) in [5.41, 5.74) is 1.37. The van der Waals surface area contributed by atoms with Crippen LogP contribution in [0, 0.1) is 0 Å². The van der Waals surface area contributed by atoms with Gasteiger partial charge in [0.05, 0.1) is 0 Å². The van der Waals surface area contributed by atoms with Crippen molar-refractivity contribution < 1.29 is 9.59 Å². The third-order valence-electron chi connectivity index (χ3n) is 3.13. The van der Waals surface area contributed by atoms with Crippen molar-refractivity contribution >= 4 is 35.1 Å². The zero-order chi connectivity index (χ0) is 16.7. The lowest BCUT2D eigenvalue weighted by atomic mass is 10.2. The molecule has 0 fully saturated rings. The first-order valence-corrected chi connectivity index (χ1v) is 8.38. The molecule has 0 radical (unpaired) electrons. The lowest BCUT2D eigenvalue weighted by Gasteiger charge is -2.15. The molecule has 6 heteroatoms. The Morgan fingerprint density at radius 1 is 0.913 bits per heavy atom. The summed E-state index contributed by atoms with van der Waals surface area (Å²) in [7, 11) is 0. The Balaban J connectivity index is 1.85. The van der Waals surface area contributed by atoms with Gasteiger partial charge in [0.25, 0.3) is 0 Å². The standard InChI is InChI=1S/C17H19N3O2S/c1-12(18-17(22)20-13-6-4-3-5-7-13)16(21)19-14-8-10-15(23-2)11-9-14/h3-12H,1-2H3,(H,19,21)(H2,18,20,22). The Bertz CT molecular complexity index is 659. The smallest absolute Gasteiger partial charge is 0.319 e. The number of thioether (sulfide) groups is 1. The zero-order valence-electron chi connectivity index (χ0n) is 13.0. The zero-order valence-corrected chi connectivity index (χ0v) is 13.8. The number of hydrogen-bond acceptors (Lipinski definition) is 3. The number of nitrogens with one attached hydrogen (secondary N) is 3. The number of carbonyl (C=O) groups excluding carboxylic acids is 2. The summed E-state index contributed by atoms with van der Waals surface area (Å²) in [4.78, 5) is 25.1. The number of urea groups is 1. The van der Waals surface area contributed by atoms with Gasteiger partial charge in [-0.15, -0.1) is 11.8 Å². The van der Waals surface area contributed by atoms with Crippen LogP contribution in [-0.4, -0.2) is 24.2 Å². The molecule has 0 saturated heterocycles. The predicted molar refractivity (Wildman–Crippen MR) is 94.9 cm³/mol. The fourth-order valence-electron chi connectivity index (χ4n) is 1.88. The van der Waals surface area contributed by atoms with Crippen molar-refractivity contribution in [1.82, 2.24) is 5.32 Å². The maximum absolute atomic E-state index is 12.1. The maximum atomic E-state index is 12.1. The number of para-hydroxylation sites is 1. The van der Waals surface area contributed by atoms with E-state index in [1.807, 2.05) is 48.7 Å². The first kappa shape index (κ1) is 16.9.